The average molecular weight is 407 g/mol. The smallest absolute Gasteiger partial charge is 0.205 e. The van der Waals surface area contributed by atoms with Gasteiger partial charge in [0.25, 0.3) is 0 Å². The molecule has 2 heterocycles. The normalized spacial score (nSPS) is 12.1. The maximum absolute atomic E-state index is 6.41. The molecule has 6 nitrogen and oxygen atoms in total. The van der Waals surface area contributed by atoms with Crippen molar-refractivity contribution in [2.24, 2.45) is 0 Å². The molecule has 0 saturated carbocycles. The number of nitrogens with one attached hydrogen (secondary N) is 1. The Morgan fingerprint density at radius 1 is 0.871 bits per heavy atom. The molecule has 0 aliphatic rings. The number of aryl methyl sites for hydroxylation is 1. The molecule has 0 bridgehead atoms. The van der Waals surface area contributed by atoms with Gasteiger partial charge in [-0.05, 0) is 54.0 Å². The first-order valence-corrected chi connectivity index (χ1v) is 10.2. The number of hydrogen-bond acceptors (Lipinski definition) is 5. The molecule has 1 unspecified atom stereocenters. The van der Waals surface area contributed by atoms with Crippen molar-refractivity contribution in [3.63, 3.8) is 0 Å². The van der Waals surface area contributed by atoms with Gasteiger partial charge < -0.3 is 4.74 Å². The molecule has 152 valence electrons. The van der Waals surface area contributed by atoms with E-state index in [4.69, 9.17) is 4.74 Å². The standard InChI is InChI=1S/C25H21N5O/c1-16-14-24(21-10-6-7-11-23(21)26-16)31-17(2)19-12-13-20(18-8-4-3-5-9-18)22(15-19)25-27-29-30-28-25/h3-15,17H,1-2H3,(H,27,28,29,30). The van der Waals surface area contributed by atoms with Crippen LogP contribution >= 0.6 is 0 Å². The van der Waals surface area contributed by atoms with Crippen LogP contribution in [0.25, 0.3) is 33.4 Å². The van der Waals surface area contributed by atoms with Gasteiger partial charge in [0.15, 0.2) is 0 Å². The SMILES string of the molecule is Cc1cc(OC(C)c2ccc(-c3ccccc3)c(-c3nn[nH]n3)c2)c2ccccc2n1. The average Bonchev–Trinajstić information content (AvgIpc) is 3.34. The van der Waals surface area contributed by atoms with Crippen molar-refractivity contribution in [3.05, 3.63) is 90.1 Å². The summed E-state index contributed by atoms with van der Waals surface area (Å²) in [6, 6.07) is 26.5. The summed E-state index contributed by atoms with van der Waals surface area (Å²) in [5.41, 5.74) is 5.92. The number of fused-ring (bicyclic) bond motifs is 1. The lowest BCUT2D eigenvalue weighted by atomic mass is 9.95. The van der Waals surface area contributed by atoms with Crippen molar-refractivity contribution in [3.8, 4) is 28.3 Å². The summed E-state index contributed by atoms with van der Waals surface area (Å²) in [7, 11) is 0. The summed E-state index contributed by atoms with van der Waals surface area (Å²) in [6.45, 7) is 4.02. The molecule has 0 saturated heterocycles. The number of tetrazole rings is 1. The zero-order chi connectivity index (χ0) is 21.2. The number of aromatic amines is 1. The quantitative estimate of drug-likeness (QED) is 0.414. The second-order valence-electron chi connectivity index (χ2n) is 7.45. The van der Waals surface area contributed by atoms with Crippen LogP contribution < -0.4 is 4.74 Å². The fourth-order valence-electron chi connectivity index (χ4n) is 3.77. The predicted octanol–water partition coefficient (Wildman–Crippen LogP) is 5.53. The Morgan fingerprint density at radius 3 is 2.48 bits per heavy atom. The van der Waals surface area contributed by atoms with E-state index in [9.17, 15) is 0 Å². The highest BCUT2D eigenvalue weighted by atomic mass is 16.5. The highest BCUT2D eigenvalue weighted by Gasteiger charge is 2.17. The molecule has 0 aliphatic heterocycles. The molecule has 3 aromatic carbocycles. The first kappa shape index (κ1) is 18.9. The summed E-state index contributed by atoms with van der Waals surface area (Å²) in [5, 5.41) is 15.7. The fraction of sp³-hybridized carbons (Fsp3) is 0.120. The molecule has 1 atom stereocenters. The molecular weight excluding hydrogens is 386 g/mol. The Bertz CT molecular complexity index is 1330. The van der Waals surface area contributed by atoms with Crippen LogP contribution in [0.4, 0.5) is 0 Å². The molecule has 6 heteroatoms. The summed E-state index contributed by atoms with van der Waals surface area (Å²) in [4.78, 5) is 4.60. The largest absolute Gasteiger partial charge is 0.485 e. The minimum atomic E-state index is -0.180. The van der Waals surface area contributed by atoms with Gasteiger partial charge in [0.05, 0.1) is 5.52 Å². The Kier molecular flexibility index (Phi) is 4.88. The van der Waals surface area contributed by atoms with Crippen LogP contribution in [-0.4, -0.2) is 25.6 Å². The highest BCUT2D eigenvalue weighted by molar-refractivity contribution is 5.85. The van der Waals surface area contributed by atoms with Gasteiger partial charge in [0.2, 0.25) is 5.82 Å². The number of rotatable bonds is 5. The molecule has 0 amide bonds. The van der Waals surface area contributed by atoms with Gasteiger partial charge in [0, 0.05) is 22.7 Å². The topological polar surface area (TPSA) is 76.6 Å². The van der Waals surface area contributed by atoms with E-state index in [0.29, 0.717) is 5.82 Å². The Labute approximate surface area is 179 Å². The Hall–Kier alpha value is -4.06. The van der Waals surface area contributed by atoms with Gasteiger partial charge in [-0.15, -0.1) is 10.2 Å². The van der Waals surface area contributed by atoms with Gasteiger partial charge >= 0.3 is 0 Å². The number of nitrogens with zero attached hydrogens (tertiary/aromatic N) is 4. The number of hydrogen-bond donors (Lipinski definition) is 1. The number of para-hydroxylation sites is 1. The first-order valence-electron chi connectivity index (χ1n) is 10.2. The Balaban J connectivity index is 1.55. The lowest BCUT2D eigenvalue weighted by Crippen LogP contribution is -2.05. The van der Waals surface area contributed by atoms with Crippen molar-refractivity contribution in [2.75, 3.05) is 0 Å². The van der Waals surface area contributed by atoms with E-state index in [1.807, 2.05) is 62.4 Å². The van der Waals surface area contributed by atoms with E-state index in [-0.39, 0.29) is 6.10 Å². The minimum Gasteiger partial charge on any atom is -0.485 e. The lowest BCUT2D eigenvalue weighted by Gasteiger charge is -2.19. The third-order valence-corrected chi connectivity index (χ3v) is 5.29. The van der Waals surface area contributed by atoms with Crippen molar-refractivity contribution < 1.29 is 4.74 Å². The third kappa shape index (κ3) is 3.75. The predicted molar refractivity (Wildman–Crippen MR) is 121 cm³/mol. The molecule has 0 fully saturated rings. The maximum atomic E-state index is 6.41. The van der Waals surface area contributed by atoms with Crippen molar-refractivity contribution in [2.45, 2.75) is 20.0 Å². The molecule has 31 heavy (non-hydrogen) atoms. The van der Waals surface area contributed by atoms with Crippen LogP contribution in [0.5, 0.6) is 5.75 Å². The molecule has 0 spiro atoms. The van der Waals surface area contributed by atoms with Crippen LogP contribution in [-0.2, 0) is 0 Å². The van der Waals surface area contributed by atoms with Gasteiger partial charge in [-0.3, -0.25) is 4.98 Å². The highest BCUT2D eigenvalue weighted by Crippen LogP contribution is 2.34. The zero-order valence-corrected chi connectivity index (χ0v) is 17.3. The molecule has 5 aromatic rings. The second kappa shape index (κ2) is 7.99. The van der Waals surface area contributed by atoms with Gasteiger partial charge in [-0.1, -0.05) is 54.6 Å². The van der Waals surface area contributed by atoms with E-state index in [1.54, 1.807) is 0 Å². The van der Waals surface area contributed by atoms with Crippen LogP contribution in [0.15, 0.2) is 78.9 Å². The summed E-state index contributed by atoms with van der Waals surface area (Å²) >= 11 is 0. The van der Waals surface area contributed by atoms with Crippen LogP contribution in [0.2, 0.25) is 0 Å². The first-order chi connectivity index (χ1) is 15.2. The van der Waals surface area contributed by atoms with E-state index < -0.39 is 0 Å². The van der Waals surface area contributed by atoms with Crippen molar-refractivity contribution >= 4 is 10.9 Å². The summed E-state index contributed by atoms with van der Waals surface area (Å²) < 4.78 is 6.41. The molecule has 0 radical (unpaired) electrons. The van der Waals surface area contributed by atoms with Gasteiger partial charge in [-0.25, -0.2) is 0 Å². The fourth-order valence-corrected chi connectivity index (χ4v) is 3.77. The number of aromatic nitrogens is 5. The number of H-pyrrole nitrogens is 1. The van der Waals surface area contributed by atoms with E-state index >= 15 is 0 Å². The van der Waals surface area contributed by atoms with Crippen LogP contribution in [0, 0.1) is 6.92 Å². The third-order valence-electron chi connectivity index (χ3n) is 5.29. The summed E-state index contributed by atoms with van der Waals surface area (Å²) in [6.07, 6.45) is -0.180. The molecular formula is C25H21N5O. The van der Waals surface area contributed by atoms with E-state index in [1.165, 1.54) is 0 Å². The van der Waals surface area contributed by atoms with E-state index in [0.717, 1.165) is 44.6 Å². The van der Waals surface area contributed by atoms with Gasteiger partial charge in [0.1, 0.15) is 11.9 Å². The maximum Gasteiger partial charge on any atom is 0.205 e. The summed E-state index contributed by atoms with van der Waals surface area (Å²) in [5.74, 6) is 1.38. The zero-order valence-electron chi connectivity index (χ0n) is 17.3. The number of benzene rings is 3. The molecule has 1 N–H and O–H groups in total. The molecule has 2 aromatic heterocycles. The second-order valence-corrected chi connectivity index (χ2v) is 7.45. The molecule has 5 rings (SSSR count). The Morgan fingerprint density at radius 2 is 1.68 bits per heavy atom. The van der Waals surface area contributed by atoms with Crippen LogP contribution in [0.3, 0.4) is 0 Å². The van der Waals surface area contributed by atoms with Crippen molar-refractivity contribution in [1.29, 1.82) is 0 Å². The van der Waals surface area contributed by atoms with E-state index in [2.05, 4.69) is 55.9 Å². The minimum absolute atomic E-state index is 0.180. The number of ether oxygens (including phenoxy) is 1. The van der Waals surface area contributed by atoms with Crippen LogP contribution in [0.1, 0.15) is 24.3 Å². The monoisotopic (exact) mass is 407 g/mol. The lowest BCUT2D eigenvalue weighted by molar-refractivity contribution is 0.230. The van der Waals surface area contributed by atoms with Gasteiger partial charge in [-0.2, -0.15) is 5.21 Å². The molecule has 0 aliphatic carbocycles. The number of pyridine rings is 1. The van der Waals surface area contributed by atoms with Crippen molar-refractivity contribution in [1.82, 2.24) is 25.6 Å².